The molecule has 0 fully saturated rings. The van der Waals surface area contributed by atoms with E-state index in [9.17, 15) is 0 Å². The van der Waals surface area contributed by atoms with Crippen molar-refractivity contribution in [3.63, 3.8) is 0 Å². The first kappa shape index (κ1) is 17.3. The predicted octanol–water partition coefficient (Wildman–Crippen LogP) is 7.91. The predicted molar refractivity (Wildman–Crippen MR) is 123 cm³/mol. The molecular formula is C29H28. The molecule has 0 aliphatic heterocycles. The Bertz CT molecular complexity index is 1160. The van der Waals surface area contributed by atoms with Gasteiger partial charge in [-0.05, 0) is 100 Å². The molecule has 0 heteroatoms. The van der Waals surface area contributed by atoms with E-state index in [1.54, 1.807) is 22.3 Å². The SMILES string of the molecule is CC1(C)c2ccccc2-c2ccc(C3=CC4=C(CC3)C3=C(C=CCC3)CC4)cc21. The Morgan fingerprint density at radius 2 is 1.52 bits per heavy atom. The van der Waals surface area contributed by atoms with E-state index < -0.39 is 0 Å². The van der Waals surface area contributed by atoms with Crippen LogP contribution in [-0.2, 0) is 5.41 Å². The van der Waals surface area contributed by atoms with Gasteiger partial charge in [0.05, 0.1) is 0 Å². The van der Waals surface area contributed by atoms with E-state index in [0.717, 1.165) is 0 Å². The number of allylic oxidation sites excluding steroid dienone is 8. The van der Waals surface area contributed by atoms with Gasteiger partial charge in [0.15, 0.2) is 0 Å². The summed E-state index contributed by atoms with van der Waals surface area (Å²) in [6, 6.07) is 16.2. The third-order valence-electron chi connectivity index (χ3n) is 7.63. The Labute approximate surface area is 174 Å². The van der Waals surface area contributed by atoms with E-state index >= 15 is 0 Å². The molecule has 0 saturated heterocycles. The molecule has 0 unspecified atom stereocenters. The molecule has 4 aliphatic carbocycles. The first-order chi connectivity index (χ1) is 14.1. The van der Waals surface area contributed by atoms with Gasteiger partial charge in [0.25, 0.3) is 0 Å². The Kier molecular flexibility index (Phi) is 3.69. The molecule has 4 aliphatic rings. The minimum Gasteiger partial charge on any atom is -0.0839 e. The lowest BCUT2D eigenvalue weighted by atomic mass is 9.75. The van der Waals surface area contributed by atoms with Crippen LogP contribution in [-0.4, -0.2) is 0 Å². The zero-order chi connectivity index (χ0) is 19.6. The highest BCUT2D eigenvalue weighted by molar-refractivity contribution is 5.83. The van der Waals surface area contributed by atoms with Gasteiger partial charge in [-0.2, -0.15) is 0 Å². The molecular weight excluding hydrogens is 348 g/mol. The second kappa shape index (κ2) is 6.20. The normalized spacial score (nSPS) is 21.4. The van der Waals surface area contributed by atoms with Gasteiger partial charge in [-0.25, -0.2) is 0 Å². The zero-order valence-electron chi connectivity index (χ0n) is 17.5. The molecule has 0 spiro atoms. The van der Waals surface area contributed by atoms with E-state index in [2.05, 4.69) is 74.5 Å². The second-order valence-electron chi connectivity index (χ2n) is 9.55. The summed E-state index contributed by atoms with van der Waals surface area (Å²) in [5, 5.41) is 0. The highest BCUT2D eigenvalue weighted by Crippen LogP contribution is 2.50. The molecule has 0 radical (unpaired) electrons. The fraction of sp³-hybridized carbons (Fsp3) is 0.310. The van der Waals surface area contributed by atoms with Crippen molar-refractivity contribution in [1.29, 1.82) is 0 Å². The molecule has 0 aromatic heterocycles. The van der Waals surface area contributed by atoms with Crippen molar-refractivity contribution in [2.24, 2.45) is 0 Å². The van der Waals surface area contributed by atoms with Crippen LogP contribution < -0.4 is 0 Å². The fourth-order valence-corrected chi connectivity index (χ4v) is 6.05. The van der Waals surface area contributed by atoms with Crippen LogP contribution in [0.3, 0.4) is 0 Å². The quantitative estimate of drug-likeness (QED) is 0.474. The van der Waals surface area contributed by atoms with E-state index in [1.807, 2.05) is 0 Å². The topological polar surface area (TPSA) is 0 Å². The summed E-state index contributed by atoms with van der Waals surface area (Å²) in [5.41, 5.74) is 15.4. The number of fused-ring (bicyclic) bond motifs is 4. The Hall–Kier alpha value is -2.60. The maximum atomic E-state index is 2.54. The summed E-state index contributed by atoms with van der Waals surface area (Å²) >= 11 is 0. The lowest BCUT2D eigenvalue weighted by Crippen LogP contribution is -2.15. The highest BCUT2D eigenvalue weighted by Gasteiger charge is 2.35. The molecule has 6 rings (SSSR count). The lowest BCUT2D eigenvalue weighted by molar-refractivity contribution is 0.660. The van der Waals surface area contributed by atoms with Crippen molar-refractivity contribution in [2.75, 3.05) is 0 Å². The van der Waals surface area contributed by atoms with Crippen molar-refractivity contribution >= 4 is 5.57 Å². The van der Waals surface area contributed by atoms with E-state index in [-0.39, 0.29) is 5.41 Å². The Morgan fingerprint density at radius 3 is 2.45 bits per heavy atom. The zero-order valence-corrected chi connectivity index (χ0v) is 17.5. The summed E-state index contributed by atoms with van der Waals surface area (Å²) in [5.74, 6) is 0. The van der Waals surface area contributed by atoms with Crippen LogP contribution in [0.1, 0.15) is 69.1 Å². The maximum Gasteiger partial charge on any atom is 0.0159 e. The summed E-state index contributed by atoms with van der Waals surface area (Å²) in [6.07, 6.45) is 14.6. The van der Waals surface area contributed by atoms with Gasteiger partial charge in [-0.3, -0.25) is 0 Å². The van der Waals surface area contributed by atoms with Gasteiger partial charge in [0.2, 0.25) is 0 Å². The van der Waals surface area contributed by atoms with Gasteiger partial charge in [-0.15, -0.1) is 0 Å². The van der Waals surface area contributed by atoms with Crippen molar-refractivity contribution in [2.45, 2.75) is 57.8 Å². The van der Waals surface area contributed by atoms with E-state index in [1.165, 1.54) is 71.9 Å². The van der Waals surface area contributed by atoms with Crippen LogP contribution in [0.5, 0.6) is 0 Å². The second-order valence-corrected chi connectivity index (χ2v) is 9.55. The summed E-state index contributed by atoms with van der Waals surface area (Å²) in [4.78, 5) is 0. The van der Waals surface area contributed by atoms with Crippen molar-refractivity contribution in [3.05, 3.63) is 99.7 Å². The summed E-state index contributed by atoms with van der Waals surface area (Å²) < 4.78 is 0. The van der Waals surface area contributed by atoms with Crippen LogP contribution in [0.4, 0.5) is 0 Å². The van der Waals surface area contributed by atoms with E-state index in [0.29, 0.717) is 0 Å². The molecule has 2 aromatic rings. The average Bonchev–Trinajstić information content (AvgIpc) is 3.00. The van der Waals surface area contributed by atoms with Crippen LogP contribution >= 0.6 is 0 Å². The average molecular weight is 377 g/mol. The molecule has 0 nitrogen and oxygen atoms in total. The van der Waals surface area contributed by atoms with Crippen LogP contribution in [0.25, 0.3) is 16.7 Å². The molecule has 0 saturated carbocycles. The fourth-order valence-electron chi connectivity index (χ4n) is 6.05. The van der Waals surface area contributed by atoms with Crippen molar-refractivity contribution in [3.8, 4) is 11.1 Å². The van der Waals surface area contributed by atoms with Gasteiger partial charge in [0.1, 0.15) is 0 Å². The summed E-state index contributed by atoms with van der Waals surface area (Å²) in [7, 11) is 0. The van der Waals surface area contributed by atoms with E-state index in [4.69, 9.17) is 0 Å². The molecule has 0 amide bonds. The number of hydrogen-bond donors (Lipinski definition) is 0. The minimum absolute atomic E-state index is 0.0839. The molecule has 29 heavy (non-hydrogen) atoms. The number of hydrogen-bond acceptors (Lipinski definition) is 0. The number of benzene rings is 2. The molecule has 0 N–H and O–H groups in total. The summed E-state index contributed by atoms with van der Waals surface area (Å²) in [6.45, 7) is 4.76. The molecule has 0 atom stereocenters. The molecule has 0 bridgehead atoms. The van der Waals surface area contributed by atoms with Gasteiger partial charge in [0, 0.05) is 5.41 Å². The van der Waals surface area contributed by atoms with Crippen LogP contribution in [0.15, 0.2) is 83.0 Å². The van der Waals surface area contributed by atoms with Crippen LogP contribution in [0.2, 0.25) is 0 Å². The minimum atomic E-state index is 0.0839. The smallest absolute Gasteiger partial charge is 0.0159 e. The highest BCUT2D eigenvalue weighted by atomic mass is 14.4. The Morgan fingerprint density at radius 1 is 0.724 bits per heavy atom. The third-order valence-corrected chi connectivity index (χ3v) is 7.63. The first-order valence-electron chi connectivity index (χ1n) is 11.2. The van der Waals surface area contributed by atoms with Crippen LogP contribution in [0, 0.1) is 0 Å². The molecule has 2 aromatic carbocycles. The van der Waals surface area contributed by atoms with Gasteiger partial charge in [-0.1, -0.05) is 68.5 Å². The Balaban J connectivity index is 1.42. The van der Waals surface area contributed by atoms with Gasteiger partial charge < -0.3 is 0 Å². The third kappa shape index (κ3) is 2.51. The standard InChI is InChI=1S/C29H28/c1-29(2)27-10-6-5-9-25(27)26-16-14-21(18-28(26)29)20-13-15-24-22(17-20)12-11-19-7-3-4-8-23(19)24/h3,5-7,9-10,14,16-18H,4,8,11-13,15H2,1-2H3. The van der Waals surface area contributed by atoms with Crippen molar-refractivity contribution in [1.82, 2.24) is 0 Å². The molecule has 144 valence electrons. The first-order valence-corrected chi connectivity index (χ1v) is 11.2. The number of rotatable bonds is 1. The lowest BCUT2D eigenvalue weighted by Gasteiger charge is -2.30. The molecule has 0 heterocycles. The van der Waals surface area contributed by atoms with Crippen molar-refractivity contribution < 1.29 is 0 Å². The largest absolute Gasteiger partial charge is 0.0839 e. The maximum absolute atomic E-state index is 2.54. The van der Waals surface area contributed by atoms with Gasteiger partial charge >= 0.3 is 0 Å². The monoisotopic (exact) mass is 376 g/mol.